The Morgan fingerprint density at radius 3 is 2.70 bits per heavy atom. The van der Waals surface area contributed by atoms with E-state index >= 15 is 0 Å². The molecule has 0 fully saturated rings. The number of hydrogen-bond donors (Lipinski definition) is 0. The molecule has 0 bridgehead atoms. The molecule has 0 aliphatic carbocycles. The zero-order valence-electron chi connectivity index (χ0n) is 15.9. The Bertz CT molecular complexity index is 817. The number of nitrogens with zero attached hydrogens (tertiary/aromatic N) is 3. The van der Waals surface area contributed by atoms with E-state index in [1.54, 1.807) is 22.8 Å². The number of halogens is 1. The van der Waals surface area contributed by atoms with Crippen LogP contribution < -0.4 is 0 Å². The lowest BCUT2D eigenvalue weighted by Gasteiger charge is -2.38. The van der Waals surface area contributed by atoms with E-state index in [1.165, 1.54) is 12.1 Å². The summed E-state index contributed by atoms with van der Waals surface area (Å²) in [6, 6.07) is 9.96. The molecular formula is C21H26FN3O2. The highest BCUT2D eigenvalue weighted by molar-refractivity contribution is 5.85. The largest absolute Gasteiger partial charge is 0.348 e. The Labute approximate surface area is 159 Å². The predicted molar refractivity (Wildman–Crippen MR) is 102 cm³/mol. The topological polar surface area (TPSA) is 45.6 Å². The Balaban J connectivity index is 1.90. The first-order chi connectivity index (χ1) is 13.0. The maximum Gasteiger partial charge on any atom is 0.243 e. The molecule has 0 N–H and O–H groups in total. The maximum atomic E-state index is 13.9. The molecule has 1 unspecified atom stereocenters. The fourth-order valence-electron chi connectivity index (χ4n) is 3.72. The second-order valence-electron chi connectivity index (χ2n) is 6.84. The van der Waals surface area contributed by atoms with Crippen LogP contribution in [0.5, 0.6) is 0 Å². The molecule has 1 aliphatic rings. The molecule has 144 valence electrons. The number of amides is 2. The van der Waals surface area contributed by atoms with Gasteiger partial charge in [-0.25, -0.2) is 4.39 Å². The van der Waals surface area contributed by atoms with Crippen molar-refractivity contribution < 1.29 is 14.0 Å². The SMILES string of the molecule is CCCN(CC(=O)N1CCn2cccc2C1c1cccc(F)c1)C(=O)CC. The van der Waals surface area contributed by atoms with Crippen LogP contribution >= 0.6 is 0 Å². The Morgan fingerprint density at radius 2 is 2.00 bits per heavy atom. The van der Waals surface area contributed by atoms with E-state index in [2.05, 4.69) is 4.57 Å². The summed E-state index contributed by atoms with van der Waals surface area (Å²) in [6.07, 6.45) is 3.16. The van der Waals surface area contributed by atoms with Gasteiger partial charge in [-0.05, 0) is 36.2 Å². The second-order valence-corrected chi connectivity index (χ2v) is 6.84. The molecule has 27 heavy (non-hydrogen) atoms. The van der Waals surface area contributed by atoms with Crippen molar-refractivity contribution in [2.45, 2.75) is 39.3 Å². The van der Waals surface area contributed by atoms with Crippen LogP contribution in [0.3, 0.4) is 0 Å². The van der Waals surface area contributed by atoms with Gasteiger partial charge in [-0.1, -0.05) is 26.0 Å². The number of benzene rings is 1. The van der Waals surface area contributed by atoms with Crippen molar-refractivity contribution in [1.29, 1.82) is 0 Å². The van der Waals surface area contributed by atoms with Crippen molar-refractivity contribution in [1.82, 2.24) is 14.4 Å². The molecule has 0 saturated carbocycles. The van der Waals surface area contributed by atoms with Crippen LogP contribution in [0.25, 0.3) is 0 Å². The lowest BCUT2D eigenvalue weighted by atomic mass is 9.99. The molecule has 0 spiro atoms. The molecule has 1 aliphatic heterocycles. The minimum Gasteiger partial charge on any atom is -0.348 e. The van der Waals surface area contributed by atoms with Crippen LogP contribution in [-0.4, -0.2) is 45.8 Å². The number of fused-ring (bicyclic) bond motifs is 1. The van der Waals surface area contributed by atoms with Gasteiger partial charge in [0.25, 0.3) is 0 Å². The predicted octanol–water partition coefficient (Wildman–Crippen LogP) is 3.21. The Hall–Kier alpha value is -2.63. The lowest BCUT2D eigenvalue weighted by Crippen LogP contribution is -2.48. The molecule has 1 aromatic heterocycles. The molecule has 0 saturated heterocycles. The maximum absolute atomic E-state index is 13.9. The highest BCUT2D eigenvalue weighted by atomic mass is 19.1. The van der Waals surface area contributed by atoms with Crippen molar-refractivity contribution >= 4 is 11.8 Å². The van der Waals surface area contributed by atoms with E-state index in [-0.39, 0.29) is 30.2 Å². The molecular weight excluding hydrogens is 345 g/mol. The highest BCUT2D eigenvalue weighted by Gasteiger charge is 2.33. The zero-order chi connectivity index (χ0) is 19.4. The molecule has 0 radical (unpaired) electrons. The minimum absolute atomic E-state index is 0.0205. The summed E-state index contributed by atoms with van der Waals surface area (Å²) in [5, 5.41) is 0. The molecule has 1 atom stereocenters. The van der Waals surface area contributed by atoms with Gasteiger partial charge in [0, 0.05) is 37.9 Å². The average Bonchev–Trinajstić information content (AvgIpc) is 3.14. The first-order valence-electron chi connectivity index (χ1n) is 9.52. The fourth-order valence-corrected chi connectivity index (χ4v) is 3.72. The van der Waals surface area contributed by atoms with Crippen molar-refractivity contribution in [3.05, 3.63) is 59.7 Å². The Kier molecular flexibility index (Phi) is 5.94. The fraction of sp³-hybridized carbons (Fsp3) is 0.429. The van der Waals surface area contributed by atoms with Gasteiger partial charge in [-0.2, -0.15) is 0 Å². The first kappa shape index (κ1) is 19.1. The third-order valence-electron chi connectivity index (χ3n) is 5.00. The van der Waals surface area contributed by atoms with Crippen molar-refractivity contribution in [3.63, 3.8) is 0 Å². The normalized spacial score (nSPS) is 16.1. The Morgan fingerprint density at radius 1 is 1.19 bits per heavy atom. The number of carbonyl (C=O) groups is 2. The van der Waals surface area contributed by atoms with Crippen molar-refractivity contribution in [2.24, 2.45) is 0 Å². The van der Waals surface area contributed by atoms with Crippen LogP contribution in [-0.2, 0) is 16.1 Å². The van der Waals surface area contributed by atoms with Gasteiger partial charge in [-0.15, -0.1) is 0 Å². The van der Waals surface area contributed by atoms with Gasteiger partial charge in [-0.3, -0.25) is 9.59 Å². The van der Waals surface area contributed by atoms with Gasteiger partial charge < -0.3 is 14.4 Å². The molecule has 2 heterocycles. The summed E-state index contributed by atoms with van der Waals surface area (Å²) >= 11 is 0. The molecule has 3 rings (SSSR count). The van der Waals surface area contributed by atoms with Gasteiger partial charge >= 0.3 is 0 Å². The minimum atomic E-state index is -0.350. The van der Waals surface area contributed by atoms with Crippen LogP contribution in [0.1, 0.15) is 44.0 Å². The number of hydrogen-bond acceptors (Lipinski definition) is 2. The number of aromatic nitrogens is 1. The summed E-state index contributed by atoms with van der Waals surface area (Å²) in [7, 11) is 0. The third kappa shape index (κ3) is 4.04. The van der Waals surface area contributed by atoms with E-state index in [9.17, 15) is 14.0 Å². The zero-order valence-corrected chi connectivity index (χ0v) is 15.9. The summed E-state index contributed by atoms with van der Waals surface area (Å²) in [5.41, 5.74) is 1.70. The quantitative estimate of drug-likeness (QED) is 0.783. The van der Waals surface area contributed by atoms with Gasteiger partial charge in [0.1, 0.15) is 5.82 Å². The van der Waals surface area contributed by atoms with Crippen LogP contribution in [0, 0.1) is 5.82 Å². The smallest absolute Gasteiger partial charge is 0.243 e. The highest BCUT2D eigenvalue weighted by Crippen LogP contribution is 2.32. The summed E-state index contributed by atoms with van der Waals surface area (Å²) < 4.78 is 15.9. The monoisotopic (exact) mass is 371 g/mol. The first-order valence-corrected chi connectivity index (χ1v) is 9.52. The average molecular weight is 371 g/mol. The van der Waals surface area contributed by atoms with E-state index in [4.69, 9.17) is 0 Å². The van der Waals surface area contributed by atoms with E-state index in [0.717, 1.165) is 17.7 Å². The van der Waals surface area contributed by atoms with Gasteiger partial charge in [0.05, 0.1) is 12.6 Å². The van der Waals surface area contributed by atoms with Crippen LogP contribution in [0.2, 0.25) is 0 Å². The van der Waals surface area contributed by atoms with Crippen LogP contribution in [0.4, 0.5) is 4.39 Å². The van der Waals surface area contributed by atoms with Gasteiger partial charge in [0.15, 0.2) is 0 Å². The molecule has 2 amide bonds. The summed E-state index contributed by atoms with van der Waals surface area (Å²) in [5.74, 6) is -0.447. The third-order valence-corrected chi connectivity index (χ3v) is 5.00. The van der Waals surface area contributed by atoms with Crippen molar-refractivity contribution in [3.8, 4) is 0 Å². The number of carbonyl (C=O) groups excluding carboxylic acids is 2. The molecule has 1 aromatic carbocycles. The van der Waals surface area contributed by atoms with E-state index < -0.39 is 0 Å². The number of rotatable bonds is 6. The lowest BCUT2D eigenvalue weighted by molar-refractivity contribution is -0.142. The van der Waals surface area contributed by atoms with Crippen molar-refractivity contribution in [2.75, 3.05) is 19.6 Å². The van der Waals surface area contributed by atoms with Crippen LogP contribution in [0.15, 0.2) is 42.6 Å². The molecule has 2 aromatic rings. The van der Waals surface area contributed by atoms with E-state index in [1.807, 2.05) is 31.3 Å². The summed E-state index contributed by atoms with van der Waals surface area (Å²) in [4.78, 5) is 28.7. The molecule has 6 heteroatoms. The van der Waals surface area contributed by atoms with Gasteiger partial charge in [0.2, 0.25) is 11.8 Å². The summed E-state index contributed by atoms with van der Waals surface area (Å²) in [6.45, 7) is 5.64. The standard InChI is InChI=1S/C21H26FN3O2/c1-3-10-24(19(26)4-2)15-20(27)25-13-12-23-11-6-9-18(23)21(25)16-7-5-8-17(22)14-16/h5-9,11,14,21H,3-4,10,12-13,15H2,1-2H3. The van der Waals surface area contributed by atoms with E-state index in [0.29, 0.717) is 26.1 Å². The molecule has 5 nitrogen and oxygen atoms in total. The second kappa shape index (κ2) is 8.37.